The second kappa shape index (κ2) is 6.38. The van der Waals surface area contributed by atoms with Crippen molar-refractivity contribution in [2.24, 2.45) is 0 Å². The van der Waals surface area contributed by atoms with E-state index in [4.69, 9.17) is 8.85 Å². The summed E-state index contributed by atoms with van der Waals surface area (Å²) in [6.45, 7) is 1.69. The highest BCUT2D eigenvalue weighted by atomic mass is 28.4. The molecule has 0 N–H and O–H groups in total. The maximum absolute atomic E-state index is 13.9. The van der Waals surface area contributed by atoms with E-state index < -0.39 is 43.2 Å². The summed E-state index contributed by atoms with van der Waals surface area (Å²) in [6.07, 6.45) is 0. The Balaban J connectivity index is 2.70. The quantitative estimate of drug-likeness (QED) is 0.364. The van der Waals surface area contributed by atoms with Crippen LogP contribution in [0, 0.1) is 29.1 Å². The molecule has 23 heavy (non-hydrogen) atoms. The Bertz CT molecular complexity index is 718. The molecule has 0 saturated heterocycles. The van der Waals surface area contributed by atoms with Crippen LogP contribution in [0.5, 0.6) is 0 Å². The third-order valence-corrected chi connectivity index (χ3v) is 6.58. The van der Waals surface area contributed by atoms with Crippen LogP contribution in [0.2, 0.25) is 6.55 Å². The van der Waals surface area contributed by atoms with Gasteiger partial charge in [0, 0.05) is 14.2 Å². The third-order valence-electron chi connectivity index (χ3n) is 3.66. The van der Waals surface area contributed by atoms with Crippen molar-refractivity contribution >= 4 is 13.7 Å². The first-order chi connectivity index (χ1) is 10.8. The van der Waals surface area contributed by atoms with E-state index in [1.165, 1.54) is 32.4 Å². The van der Waals surface area contributed by atoms with Crippen molar-refractivity contribution in [2.45, 2.75) is 6.55 Å². The lowest BCUT2D eigenvalue weighted by atomic mass is 10.0. The van der Waals surface area contributed by atoms with Crippen molar-refractivity contribution in [3.05, 3.63) is 53.4 Å². The van der Waals surface area contributed by atoms with Gasteiger partial charge in [-0.25, -0.2) is 22.0 Å². The van der Waals surface area contributed by atoms with Gasteiger partial charge in [-0.3, -0.25) is 0 Å². The molecule has 0 aliphatic carbocycles. The molecular weight excluding hydrogens is 335 g/mol. The highest BCUT2D eigenvalue weighted by Crippen LogP contribution is 2.31. The van der Waals surface area contributed by atoms with E-state index in [1.807, 2.05) is 0 Å². The number of rotatable bonds is 4. The van der Waals surface area contributed by atoms with E-state index in [1.54, 1.807) is 12.6 Å². The molecule has 0 heterocycles. The van der Waals surface area contributed by atoms with Crippen LogP contribution in [0.15, 0.2) is 24.3 Å². The minimum absolute atomic E-state index is 0.150. The number of benzene rings is 2. The molecule has 2 nitrogen and oxygen atoms in total. The molecule has 2 aromatic carbocycles. The lowest BCUT2D eigenvalue weighted by Crippen LogP contribution is -2.49. The van der Waals surface area contributed by atoms with Crippen LogP contribution < -0.4 is 5.19 Å². The van der Waals surface area contributed by atoms with Crippen LogP contribution in [0.25, 0.3) is 11.1 Å². The van der Waals surface area contributed by atoms with E-state index in [0.717, 1.165) is 0 Å². The standard InChI is InChI=1S/C15H13F5O2Si/c1-21-23(3,22-2)9-6-4-5-8(7-9)10-11(16)13(18)15(20)14(19)12(10)17/h4-7H,1-3H3. The van der Waals surface area contributed by atoms with Crippen LogP contribution in [0.1, 0.15) is 0 Å². The zero-order valence-corrected chi connectivity index (χ0v) is 13.5. The van der Waals surface area contributed by atoms with Gasteiger partial charge < -0.3 is 8.85 Å². The molecule has 0 atom stereocenters. The molecule has 0 spiro atoms. The molecule has 0 radical (unpaired) electrons. The first kappa shape index (κ1) is 17.6. The minimum Gasteiger partial charge on any atom is -0.394 e. The lowest BCUT2D eigenvalue weighted by molar-refractivity contribution is 0.265. The van der Waals surface area contributed by atoms with Gasteiger partial charge in [-0.15, -0.1) is 0 Å². The molecule has 0 amide bonds. The molecule has 0 fully saturated rings. The topological polar surface area (TPSA) is 18.5 Å². The molecule has 0 unspecified atom stereocenters. The van der Waals surface area contributed by atoms with E-state index in [-0.39, 0.29) is 5.56 Å². The Kier molecular flexibility index (Phi) is 4.88. The second-order valence-electron chi connectivity index (χ2n) is 4.88. The summed E-state index contributed by atoms with van der Waals surface area (Å²) in [5.41, 5.74) is -1.13. The molecular formula is C15H13F5O2Si. The van der Waals surface area contributed by atoms with Crippen LogP contribution >= 0.6 is 0 Å². The predicted molar refractivity (Wildman–Crippen MR) is 76.9 cm³/mol. The Morgan fingerprint density at radius 2 is 1.26 bits per heavy atom. The first-order valence-corrected chi connectivity index (χ1v) is 8.81. The van der Waals surface area contributed by atoms with Crippen molar-refractivity contribution in [2.75, 3.05) is 14.2 Å². The van der Waals surface area contributed by atoms with Gasteiger partial charge in [0.15, 0.2) is 23.3 Å². The first-order valence-electron chi connectivity index (χ1n) is 6.49. The third kappa shape index (κ3) is 2.89. The SMILES string of the molecule is CO[Si](C)(OC)c1cccc(-c2c(F)c(F)c(F)c(F)c2F)c1. The van der Waals surface area contributed by atoms with Crippen molar-refractivity contribution in [3.8, 4) is 11.1 Å². The number of hydrogen-bond acceptors (Lipinski definition) is 2. The summed E-state index contributed by atoms with van der Waals surface area (Å²) in [5.74, 6) is -9.91. The largest absolute Gasteiger partial charge is 0.394 e. The van der Waals surface area contributed by atoms with E-state index in [0.29, 0.717) is 5.19 Å². The van der Waals surface area contributed by atoms with Gasteiger partial charge >= 0.3 is 8.56 Å². The lowest BCUT2D eigenvalue weighted by Gasteiger charge is -2.23. The second-order valence-corrected chi connectivity index (χ2v) is 8.16. The summed E-state index contributed by atoms with van der Waals surface area (Å²) >= 11 is 0. The average molecular weight is 348 g/mol. The van der Waals surface area contributed by atoms with Gasteiger partial charge in [-0.2, -0.15) is 0 Å². The molecule has 0 aromatic heterocycles. The predicted octanol–water partition coefficient (Wildman–Crippen LogP) is 3.62. The molecule has 0 saturated carbocycles. The molecule has 124 valence electrons. The summed E-state index contributed by atoms with van der Waals surface area (Å²) < 4.78 is 78.3. The van der Waals surface area contributed by atoms with Crippen LogP contribution in [-0.4, -0.2) is 22.8 Å². The Hall–Kier alpha value is -1.77. The summed E-state index contributed by atoms with van der Waals surface area (Å²) in [7, 11) is 0.0178. The summed E-state index contributed by atoms with van der Waals surface area (Å²) in [5, 5.41) is 0.490. The van der Waals surface area contributed by atoms with Crippen molar-refractivity contribution in [1.29, 1.82) is 0 Å². The maximum Gasteiger partial charge on any atom is 0.368 e. The van der Waals surface area contributed by atoms with Gasteiger partial charge in [0.05, 0.1) is 5.56 Å². The fourth-order valence-corrected chi connectivity index (χ4v) is 3.59. The van der Waals surface area contributed by atoms with Crippen LogP contribution in [0.3, 0.4) is 0 Å². The fraction of sp³-hybridized carbons (Fsp3) is 0.200. The number of halogens is 5. The smallest absolute Gasteiger partial charge is 0.368 e. The van der Waals surface area contributed by atoms with E-state index in [2.05, 4.69) is 0 Å². The maximum atomic E-state index is 13.9. The van der Waals surface area contributed by atoms with Gasteiger partial charge in [-0.05, 0) is 17.3 Å². The zero-order chi connectivity index (χ0) is 17.4. The van der Waals surface area contributed by atoms with Gasteiger partial charge in [-0.1, -0.05) is 24.3 Å². The fourth-order valence-electron chi connectivity index (χ4n) is 2.13. The van der Waals surface area contributed by atoms with Crippen LogP contribution in [-0.2, 0) is 8.85 Å². The Morgan fingerprint density at radius 1 is 0.783 bits per heavy atom. The van der Waals surface area contributed by atoms with E-state index >= 15 is 0 Å². The highest BCUT2D eigenvalue weighted by Gasteiger charge is 2.33. The monoisotopic (exact) mass is 348 g/mol. The molecule has 2 rings (SSSR count). The minimum atomic E-state index is -2.82. The van der Waals surface area contributed by atoms with Gasteiger partial charge in [0.1, 0.15) is 0 Å². The summed E-state index contributed by atoms with van der Waals surface area (Å²) in [4.78, 5) is 0. The van der Waals surface area contributed by atoms with Gasteiger partial charge in [0.2, 0.25) is 5.82 Å². The number of hydrogen-bond donors (Lipinski definition) is 0. The van der Waals surface area contributed by atoms with Crippen molar-refractivity contribution in [1.82, 2.24) is 0 Å². The van der Waals surface area contributed by atoms with Crippen LogP contribution in [0.4, 0.5) is 22.0 Å². The molecule has 0 bridgehead atoms. The van der Waals surface area contributed by atoms with Crippen molar-refractivity contribution < 1.29 is 30.8 Å². The molecule has 0 aliphatic rings. The Labute approximate surface area is 130 Å². The van der Waals surface area contributed by atoms with Gasteiger partial charge in [0.25, 0.3) is 0 Å². The Morgan fingerprint density at radius 3 is 1.74 bits per heavy atom. The summed E-state index contributed by atoms with van der Waals surface area (Å²) in [6, 6.07) is 5.60. The molecule has 0 aliphatic heterocycles. The van der Waals surface area contributed by atoms with E-state index in [9.17, 15) is 22.0 Å². The molecule has 8 heteroatoms. The molecule has 2 aromatic rings. The normalized spacial score (nSPS) is 11.8. The average Bonchev–Trinajstić information content (AvgIpc) is 2.58. The highest BCUT2D eigenvalue weighted by molar-refractivity contribution is 6.79. The van der Waals surface area contributed by atoms with Crippen molar-refractivity contribution in [3.63, 3.8) is 0 Å². The zero-order valence-electron chi connectivity index (χ0n) is 12.5.